The summed E-state index contributed by atoms with van der Waals surface area (Å²) in [6.45, 7) is 0.479. The molecule has 1 heterocycles. The molecule has 1 aromatic carbocycles. The number of aromatic amines is 1. The van der Waals surface area contributed by atoms with Crippen LogP contribution in [0.3, 0.4) is 0 Å². The third-order valence-corrected chi connectivity index (χ3v) is 2.04. The van der Waals surface area contributed by atoms with Gasteiger partial charge in [-0.05, 0) is 17.7 Å². The summed E-state index contributed by atoms with van der Waals surface area (Å²) in [5.41, 5.74) is 0.699. The average molecular weight is 219 g/mol. The Bertz CT molecular complexity index is 521. The first-order valence-electron chi connectivity index (χ1n) is 4.78. The van der Waals surface area contributed by atoms with Crippen LogP contribution in [0.5, 0.6) is 0 Å². The van der Waals surface area contributed by atoms with Gasteiger partial charge < -0.3 is 5.32 Å². The fourth-order valence-corrected chi connectivity index (χ4v) is 1.25. The van der Waals surface area contributed by atoms with E-state index in [-0.39, 0.29) is 11.4 Å². The fourth-order valence-electron chi connectivity index (χ4n) is 1.25. The molecule has 0 radical (unpaired) electrons. The van der Waals surface area contributed by atoms with Crippen LogP contribution >= 0.6 is 0 Å². The van der Waals surface area contributed by atoms with E-state index < -0.39 is 0 Å². The van der Waals surface area contributed by atoms with Crippen molar-refractivity contribution >= 4 is 5.95 Å². The lowest BCUT2D eigenvalue weighted by Crippen LogP contribution is -2.10. The third-order valence-electron chi connectivity index (χ3n) is 2.04. The summed E-state index contributed by atoms with van der Waals surface area (Å²) in [6.07, 6.45) is 1.42. The number of anilines is 1. The van der Waals surface area contributed by atoms with E-state index in [9.17, 15) is 9.18 Å². The molecule has 0 spiro atoms. The zero-order chi connectivity index (χ0) is 11.4. The zero-order valence-electron chi connectivity index (χ0n) is 8.40. The molecule has 0 unspecified atom stereocenters. The maximum Gasteiger partial charge on any atom is 0.252 e. The van der Waals surface area contributed by atoms with Crippen molar-refractivity contribution < 1.29 is 4.39 Å². The summed E-state index contributed by atoms with van der Waals surface area (Å²) in [5, 5.41) is 2.93. The molecule has 0 aliphatic rings. The van der Waals surface area contributed by atoms with Gasteiger partial charge in [-0.2, -0.15) is 0 Å². The van der Waals surface area contributed by atoms with Crippen molar-refractivity contribution in [3.8, 4) is 0 Å². The van der Waals surface area contributed by atoms with Gasteiger partial charge in [-0.15, -0.1) is 0 Å². The quantitative estimate of drug-likeness (QED) is 0.822. The second-order valence-corrected chi connectivity index (χ2v) is 3.26. The van der Waals surface area contributed by atoms with Crippen molar-refractivity contribution in [2.75, 3.05) is 5.32 Å². The molecule has 0 amide bonds. The number of nitrogens with one attached hydrogen (secondary N) is 2. The van der Waals surface area contributed by atoms with E-state index >= 15 is 0 Å². The number of rotatable bonds is 3. The minimum atomic E-state index is -0.269. The average Bonchev–Trinajstić information content (AvgIpc) is 2.28. The number of H-pyrrole nitrogens is 1. The molecule has 0 aliphatic carbocycles. The molecule has 2 aromatic rings. The largest absolute Gasteiger partial charge is 0.352 e. The van der Waals surface area contributed by atoms with Gasteiger partial charge >= 0.3 is 0 Å². The molecule has 16 heavy (non-hydrogen) atoms. The molecule has 4 nitrogen and oxygen atoms in total. The molecule has 5 heteroatoms. The van der Waals surface area contributed by atoms with E-state index in [4.69, 9.17) is 0 Å². The normalized spacial score (nSPS) is 10.1. The summed E-state index contributed by atoms with van der Waals surface area (Å²) >= 11 is 0. The highest BCUT2D eigenvalue weighted by Gasteiger charge is 1.96. The first-order valence-corrected chi connectivity index (χ1v) is 4.78. The van der Waals surface area contributed by atoms with E-state index in [2.05, 4.69) is 15.3 Å². The number of nitrogens with zero attached hydrogens (tertiary/aromatic N) is 1. The summed E-state index contributed by atoms with van der Waals surface area (Å²) in [7, 11) is 0. The number of aromatic nitrogens is 2. The Hall–Kier alpha value is -2.17. The predicted octanol–water partition coefficient (Wildman–Crippen LogP) is 1.52. The summed E-state index contributed by atoms with van der Waals surface area (Å²) in [4.78, 5) is 17.4. The molecule has 0 saturated heterocycles. The van der Waals surface area contributed by atoms with Gasteiger partial charge in [-0.3, -0.25) is 9.78 Å². The molecule has 0 atom stereocenters. The number of hydrogen-bond acceptors (Lipinski definition) is 3. The number of halogens is 1. The van der Waals surface area contributed by atoms with Gasteiger partial charge in [0.25, 0.3) is 5.56 Å². The van der Waals surface area contributed by atoms with Gasteiger partial charge in [-0.25, -0.2) is 9.37 Å². The van der Waals surface area contributed by atoms with Crippen LogP contribution in [0.4, 0.5) is 10.3 Å². The Kier molecular flexibility index (Phi) is 2.95. The Balaban J connectivity index is 2.02. The van der Waals surface area contributed by atoms with Crippen LogP contribution in [0.15, 0.2) is 41.3 Å². The minimum absolute atomic E-state index is 0.211. The molecule has 0 fully saturated rings. The van der Waals surface area contributed by atoms with Gasteiger partial charge in [0.05, 0.1) is 0 Å². The minimum Gasteiger partial charge on any atom is -0.352 e. The highest BCUT2D eigenvalue weighted by molar-refractivity contribution is 5.26. The van der Waals surface area contributed by atoms with Crippen LogP contribution in [0.25, 0.3) is 0 Å². The second kappa shape index (κ2) is 4.57. The lowest BCUT2D eigenvalue weighted by Gasteiger charge is -2.04. The van der Waals surface area contributed by atoms with Gasteiger partial charge in [0.15, 0.2) is 0 Å². The highest BCUT2D eigenvalue weighted by Crippen LogP contribution is 2.04. The van der Waals surface area contributed by atoms with E-state index in [0.717, 1.165) is 5.56 Å². The molecule has 2 N–H and O–H groups in total. The number of benzene rings is 1. The first kappa shape index (κ1) is 10.4. The molecule has 82 valence electrons. The van der Waals surface area contributed by atoms with Crippen LogP contribution < -0.4 is 10.9 Å². The fraction of sp³-hybridized carbons (Fsp3) is 0.0909. The van der Waals surface area contributed by atoms with Crippen LogP contribution in [0.1, 0.15) is 5.56 Å². The van der Waals surface area contributed by atoms with Crippen molar-refractivity contribution in [3.63, 3.8) is 0 Å². The standard InChI is InChI=1S/C11H10FN3O/c12-9-3-1-8(2-4-9)7-14-11-13-6-5-10(16)15-11/h1-6H,7H2,(H2,13,14,15,16). The first-order chi connectivity index (χ1) is 7.74. The summed E-state index contributed by atoms with van der Waals surface area (Å²) in [6, 6.07) is 7.45. The van der Waals surface area contributed by atoms with Crippen molar-refractivity contribution in [3.05, 3.63) is 58.3 Å². The van der Waals surface area contributed by atoms with Crippen molar-refractivity contribution in [2.45, 2.75) is 6.54 Å². The number of hydrogen-bond donors (Lipinski definition) is 2. The van der Waals surface area contributed by atoms with Crippen molar-refractivity contribution in [1.82, 2.24) is 9.97 Å². The smallest absolute Gasteiger partial charge is 0.252 e. The Morgan fingerprint density at radius 2 is 2.00 bits per heavy atom. The lowest BCUT2D eigenvalue weighted by atomic mass is 10.2. The van der Waals surface area contributed by atoms with Crippen molar-refractivity contribution in [2.24, 2.45) is 0 Å². The van der Waals surface area contributed by atoms with Gasteiger partial charge in [0, 0.05) is 18.8 Å². The molecular formula is C11H10FN3O. The predicted molar refractivity (Wildman–Crippen MR) is 58.6 cm³/mol. The maximum atomic E-state index is 12.6. The molecular weight excluding hydrogens is 209 g/mol. The van der Waals surface area contributed by atoms with E-state index in [1.807, 2.05) is 0 Å². The molecule has 2 rings (SSSR count). The van der Waals surface area contributed by atoms with Crippen LogP contribution in [-0.4, -0.2) is 9.97 Å². The Labute approximate surface area is 91.2 Å². The van der Waals surface area contributed by atoms with Crippen molar-refractivity contribution in [1.29, 1.82) is 0 Å². The second-order valence-electron chi connectivity index (χ2n) is 3.26. The topological polar surface area (TPSA) is 57.8 Å². The van der Waals surface area contributed by atoms with Crippen LogP contribution in [0.2, 0.25) is 0 Å². The summed E-state index contributed by atoms with van der Waals surface area (Å²) in [5.74, 6) is 0.131. The third kappa shape index (κ3) is 2.66. The lowest BCUT2D eigenvalue weighted by molar-refractivity contribution is 0.627. The SMILES string of the molecule is O=c1ccnc(NCc2ccc(F)cc2)[nH]1. The molecule has 0 aliphatic heterocycles. The molecule has 1 aromatic heterocycles. The maximum absolute atomic E-state index is 12.6. The Morgan fingerprint density at radius 3 is 2.69 bits per heavy atom. The summed E-state index contributed by atoms with van der Waals surface area (Å²) < 4.78 is 12.6. The van der Waals surface area contributed by atoms with E-state index in [1.165, 1.54) is 24.4 Å². The van der Waals surface area contributed by atoms with Gasteiger partial charge in [0.2, 0.25) is 5.95 Å². The molecule has 0 bridgehead atoms. The van der Waals surface area contributed by atoms with E-state index in [0.29, 0.717) is 12.5 Å². The van der Waals surface area contributed by atoms with Gasteiger partial charge in [0.1, 0.15) is 5.82 Å². The van der Waals surface area contributed by atoms with Crippen LogP contribution in [-0.2, 0) is 6.54 Å². The Morgan fingerprint density at radius 1 is 1.25 bits per heavy atom. The van der Waals surface area contributed by atoms with Gasteiger partial charge in [-0.1, -0.05) is 12.1 Å². The molecule has 0 saturated carbocycles. The van der Waals surface area contributed by atoms with Crippen LogP contribution in [0, 0.1) is 5.82 Å². The van der Waals surface area contributed by atoms with E-state index in [1.54, 1.807) is 12.1 Å². The highest BCUT2D eigenvalue weighted by atomic mass is 19.1. The monoisotopic (exact) mass is 219 g/mol. The zero-order valence-corrected chi connectivity index (χ0v) is 8.40.